The Bertz CT molecular complexity index is 2500. The van der Waals surface area contributed by atoms with Crippen molar-refractivity contribution in [3.8, 4) is 0 Å². The van der Waals surface area contributed by atoms with E-state index < -0.39 is 29.0 Å². The number of halogens is 2. The van der Waals surface area contributed by atoms with Crippen LogP contribution in [0.1, 0.15) is 72.4 Å². The van der Waals surface area contributed by atoms with Crippen LogP contribution in [0.5, 0.6) is 0 Å². The molecule has 0 atom stereocenters. The molecule has 2 aliphatic heterocycles. The Morgan fingerprint density at radius 3 is 1.75 bits per heavy atom. The largest absolute Gasteiger partial charge is 0.383 e. The molecule has 0 spiro atoms. The van der Waals surface area contributed by atoms with Crippen molar-refractivity contribution in [2.75, 3.05) is 42.4 Å². The number of hydrogen-bond acceptors (Lipinski definition) is 10. The fourth-order valence-corrected chi connectivity index (χ4v) is 6.60. The first-order chi connectivity index (χ1) is 30.4. The van der Waals surface area contributed by atoms with Crippen molar-refractivity contribution in [3.05, 3.63) is 130 Å². The highest BCUT2D eigenvalue weighted by molar-refractivity contribution is 7.81. The molecule has 64 heavy (non-hydrogen) atoms. The number of thiocarbonyl (C=S) groups is 2. The predicted octanol–water partition coefficient (Wildman–Crippen LogP) is 9.46. The Morgan fingerprint density at radius 1 is 0.828 bits per heavy atom. The fourth-order valence-electron chi connectivity index (χ4n) is 5.98. The van der Waals surface area contributed by atoms with E-state index in [9.17, 15) is 23.2 Å². The lowest BCUT2D eigenvalue weighted by atomic mass is 10.0. The minimum Gasteiger partial charge on any atom is -0.383 e. The standard InChI is InChI=1S/C21H19FN4O2S.C11H15FN2O.C9H6N2S.C4H8O.CO2/c1-12-10-13(7-9-17(12)23-4)25-19(28)21(2,3)26(20(25)29)14-6-8-15(16(22)11-14)18(27)24-5;1-7(2)14-8-4-5-9(10(12)6-8)11(15)13-3;1-7-5-8(11-6-12)3-4-9(7)10-2;1-2-4-5-3-1;2-1-3/h6-11H,1-3,5H3,(H,24,27);4-7,14H,1-3H3,(H,13,15);3-5H,1H3;1-4H2;. The zero-order valence-electron chi connectivity index (χ0n) is 36.6. The summed E-state index contributed by atoms with van der Waals surface area (Å²) in [5.41, 5.74) is 4.03. The Morgan fingerprint density at radius 2 is 1.33 bits per heavy atom. The number of anilines is 3. The molecule has 14 nitrogen and oxygen atoms in total. The summed E-state index contributed by atoms with van der Waals surface area (Å²) in [6, 6.07) is 19.2. The number of aryl methyl sites for hydroxylation is 2. The van der Waals surface area contributed by atoms with Gasteiger partial charge in [-0.1, -0.05) is 12.1 Å². The predicted molar refractivity (Wildman–Crippen MR) is 250 cm³/mol. The molecule has 3 N–H and O–H groups in total. The second-order valence-corrected chi connectivity index (χ2v) is 15.0. The van der Waals surface area contributed by atoms with E-state index in [1.54, 1.807) is 68.1 Å². The lowest BCUT2D eigenvalue weighted by molar-refractivity contribution is -0.191. The van der Waals surface area contributed by atoms with Crippen LogP contribution in [0, 0.1) is 38.6 Å². The number of carbonyl (C=O) groups excluding carboxylic acids is 5. The van der Waals surface area contributed by atoms with Gasteiger partial charge in [0.2, 0.25) is 0 Å². The van der Waals surface area contributed by atoms with Crippen molar-refractivity contribution in [2.45, 2.75) is 66.0 Å². The number of carbonyl (C=O) groups is 3. The van der Waals surface area contributed by atoms with Crippen LogP contribution in [-0.2, 0) is 19.1 Å². The van der Waals surface area contributed by atoms with Crippen molar-refractivity contribution < 1.29 is 37.5 Å². The van der Waals surface area contributed by atoms with Crippen LogP contribution in [-0.4, -0.2) is 73.0 Å². The summed E-state index contributed by atoms with van der Waals surface area (Å²) < 4.78 is 32.9. The third-order valence-corrected chi connectivity index (χ3v) is 9.57. The van der Waals surface area contributed by atoms with E-state index in [0.717, 1.165) is 30.0 Å². The maximum Gasteiger partial charge on any atom is 0.373 e. The highest BCUT2D eigenvalue weighted by Crippen LogP contribution is 2.38. The average molecular weight is 911 g/mol. The van der Waals surface area contributed by atoms with Gasteiger partial charge in [0, 0.05) is 50.4 Å². The average Bonchev–Trinajstić information content (AvgIpc) is 3.90. The highest BCUT2D eigenvalue weighted by atomic mass is 32.1. The van der Waals surface area contributed by atoms with Crippen LogP contribution < -0.4 is 25.8 Å². The summed E-state index contributed by atoms with van der Waals surface area (Å²) in [4.78, 5) is 65.9. The number of isothiocyanates is 1. The second-order valence-electron chi connectivity index (χ2n) is 14.4. The van der Waals surface area contributed by atoms with E-state index in [-0.39, 0.29) is 34.3 Å². The van der Waals surface area contributed by atoms with Gasteiger partial charge in [-0.2, -0.15) is 14.6 Å². The first-order valence-electron chi connectivity index (χ1n) is 19.5. The zero-order valence-corrected chi connectivity index (χ0v) is 38.2. The van der Waals surface area contributed by atoms with Crippen LogP contribution in [0.3, 0.4) is 0 Å². The lowest BCUT2D eigenvalue weighted by Crippen LogP contribution is -2.44. The van der Waals surface area contributed by atoms with E-state index in [1.807, 2.05) is 26.8 Å². The van der Waals surface area contributed by atoms with Crippen LogP contribution in [0.4, 0.5) is 42.9 Å². The van der Waals surface area contributed by atoms with Gasteiger partial charge in [0.15, 0.2) is 16.5 Å². The molecule has 0 saturated carbocycles. The van der Waals surface area contributed by atoms with Crippen LogP contribution in [0.2, 0.25) is 0 Å². The van der Waals surface area contributed by atoms with Gasteiger partial charge >= 0.3 is 6.15 Å². The maximum absolute atomic E-state index is 14.5. The number of hydrogen-bond donors (Lipinski definition) is 3. The molecular formula is C46H48F2N8O6S2. The van der Waals surface area contributed by atoms with E-state index in [4.69, 9.17) is 39.7 Å². The number of nitrogens with one attached hydrogen (secondary N) is 3. The first-order valence-corrected chi connectivity index (χ1v) is 20.3. The molecule has 334 valence electrons. The summed E-state index contributed by atoms with van der Waals surface area (Å²) in [5.74, 6) is -2.44. The quantitative estimate of drug-likeness (QED) is 0.0927. The molecule has 6 rings (SSSR count). The molecule has 0 radical (unpaired) electrons. The highest BCUT2D eigenvalue weighted by Gasteiger charge is 2.50. The third kappa shape index (κ3) is 14.5. The lowest BCUT2D eigenvalue weighted by Gasteiger charge is -2.29. The van der Waals surface area contributed by atoms with Crippen LogP contribution >= 0.6 is 24.4 Å². The van der Waals surface area contributed by atoms with E-state index >= 15 is 0 Å². The number of ether oxygens (including phenoxy) is 1. The minimum absolute atomic E-state index is 0.0619. The SMILES string of the molecule is C1CCOC1.CNC(=O)c1ccc(NC(C)C)cc1F.O=C=O.[C-]#[N+]c1ccc(N2C(=O)C(C)(C)N(c3ccc(C(=O)NC)c(F)c3)C2=S)cc1C.[C-]#[N+]c1ccc(N=C=S)cc1C. The molecule has 2 saturated heterocycles. The zero-order chi connectivity index (χ0) is 48.1. The number of nitrogens with zero attached hydrogens (tertiary/aromatic N) is 5. The smallest absolute Gasteiger partial charge is 0.373 e. The van der Waals surface area contributed by atoms with E-state index in [2.05, 4.69) is 48.0 Å². The monoisotopic (exact) mass is 910 g/mol. The molecule has 4 aromatic rings. The molecule has 0 aliphatic carbocycles. The molecule has 0 aromatic heterocycles. The summed E-state index contributed by atoms with van der Waals surface area (Å²) in [7, 11) is 2.90. The van der Waals surface area contributed by atoms with Gasteiger partial charge in [-0.05, 0) is 151 Å². The fraction of sp³-hybridized carbons (Fsp3) is 0.304. The molecule has 4 aromatic carbocycles. The van der Waals surface area contributed by atoms with Crippen molar-refractivity contribution in [1.29, 1.82) is 0 Å². The van der Waals surface area contributed by atoms with Crippen molar-refractivity contribution in [3.63, 3.8) is 0 Å². The van der Waals surface area contributed by atoms with Crippen molar-refractivity contribution in [2.24, 2.45) is 4.99 Å². The van der Waals surface area contributed by atoms with Gasteiger partial charge in [0.05, 0.1) is 35.1 Å². The second kappa shape index (κ2) is 25.8. The molecule has 2 fully saturated rings. The van der Waals surface area contributed by atoms with Crippen LogP contribution in [0.25, 0.3) is 9.69 Å². The Balaban J connectivity index is 0.000000334. The van der Waals surface area contributed by atoms with Gasteiger partial charge in [-0.15, -0.1) is 0 Å². The Hall–Kier alpha value is -7.04. The molecule has 2 heterocycles. The molecule has 0 unspecified atom stereocenters. The van der Waals surface area contributed by atoms with Gasteiger partial charge in [-0.25, -0.2) is 18.5 Å². The van der Waals surface area contributed by atoms with Gasteiger partial charge < -0.3 is 25.6 Å². The summed E-state index contributed by atoms with van der Waals surface area (Å²) in [6.45, 7) is 27.0. The molecule has 0 bridgehead atoms. The Kier molecular flexibility index (Phi) is 21.4. The van der Waals surface area contributed by atoms with Gasteiger partial charge in [-0.3, -0.25) is 19.3 Å². The first kappa shape index (κ1) is 53.1. The van der Waals surface area contributed by atoms with Crippen molar-refractivity contribution in [1.82, 2.24) is 10.6 Å². The van der Waals surface area contributed by atoms with Crippen LogP contribution in [0.15, 0.2) is 77.8 Å². The number of rotatable bonds is 7. The van der Waals surface area contributed by atoms with Gasteiger partial charge in [0.25, 0.3) is 17.7 Å². The van der Waals surface area contributed by atoms with Gasteiger partial charge in [0.1, 0.15) is 17.2 Å². The summed E-state index contributed by atoms with van der Waals surface area (Å²) >= 11 is 10.0. The number of benzene rings is 4. The molecular weight excluding hydrogens is 863 g/mol. The normalized spacial score (nSPS) is 13.0. The number of amides is 3. The third-order valence-electron chi connectivity index (χ3n) is 9.11. The van der Waals surface area contributed by atoms with E-state index in [0.29, 0.717) is 28.4 Å². The molecule has 2 aliphatic rings. The summed E-state index contributed by atoms with van der Waals surface area (Å²) in [6.07, 6.45) is 2.81. The minimum atomic E-state index is -1.07. The number of aliphatic imine (C=N–C) groups is 1. The topological polar surface area (TPSA) is 158 Å². The summed E-state index contributed by atoms with van der Waals surface area (Å²) in [5, 5.41) is 10.3. The molecule has 18 heteroatoms. The van der Waals surface area contributed by atoms with Crippen molar-refractivity contribution >= 4 is 92.7 Å². The van der Waals surface area contributed by atoms with E-state index in [1.165, 1.54) is 56.1 Å². The Labute approximate surface area is 382 Å². The molecule has 3 amide bonds. The maximum atomic E-state index is 14.5.